The van der Waals surface area contributed by atoms with Crippen LogP contribution >= 0.6 is 0 Å². The molecule has 1 aliphatic carbocycles. The number of hydrogen-bond acceptors (Lipinski definition) is 14. The van der Waals surface area contributed by atoms with Crippen molar-refractivity contribution in [2.24, 2.45) is 22.2 Å². The molecule has 16 heteroatoms. The first-order valence-corrected chi connectivity index (χ1v) is 13.7. The Labute approximate surface area is 233 Å². The number of likely N-dealkylation sites (N-methyl/N-ethyl adjacent to an activating group) is 1. The van der Waals surface area contributed by atoms with Crippen molar-refractivity contribution in [2.75, 3.05) is 40.0 Å². The molecule has 13 atom stereocenters. The van der Waals surface area contributed by atoms with Crippen LogP contribution in [0.4, 0.5) is 4.39 Å². The number of rotatable bonds is 12. The number of nitrogens with two attached hydrogens (primary N) is 3. The lowest BCUT2D eigenvalue weighted by Crippen LogP contribution is -2.67. The Balaban J connectivity index is 1.81. The van der Waals surface area contributed by atoms with Crippen molar-refractivity contribution in [1.82, 2.24) is 10.6 Å². The zero-order chi connectivity index (χ0) is 29.6. The molecule has 2 aliphatic heterocycles. The Morgan fingerprint density at radius 3 is 2.50 bits per heavy atom. The van der Waals surface area contributed by atoms with Crippen LogP contribution < -0.4 is 27.8 Å². The average molecular weight is 583 g/mol. The molecule has 0 aromatic carbocycles. The molecule has 0 radical (unpaired) electrons. The van der Waals surface area contributed by atoms with E-state index in [-0.39, 0.29) is 31.5 Å². The monoisotopic (exact) mass is 582 g/mol. The molecule has 0 amide bonds. The average Bonchev–Trinajstić information content (AvgIpc) is 2.91. The van der Waals surface area contributed by atoms with Crippen LogP contribution in [-0.2, 0) is 18.9 Å². The highest BCUT2D eigenvalue weighted by atomic mass is 19.1. The van der Waals surface area contributed by atoms with E-state index in [1.54, 1.807) is 7.05 Å². The van der Waals surface area contributed by atoms with Gasteiger partial charge < -0.3 is 72.3 Å². The van der Waals surface area contributed by atoms with Crippen LogP contribution in [0.3, 0.4) is 0 Å². The molecule has 0 bridgehead atoms. The maximum Gasteiger partial charge on any atom is 0.185 e. The SMILES string of the molecule is CNC1C(O)C(OC2C(N=C(N)C(O)CO)CC(N)C(OC3OC(CNCCF)CCC3N)C2O)OCC1(C)O. The predicted molar refractivity (Wildman–Crippen MR) is 141 cm³/mol. The minimum Gasteiger partial charge on any atom is -0.393 e. The Hall–Kier alpha value is -1.12. The topological polar surface area (TPSA) is 253 Å². The van der Waals surface area contributed by atoms with Gasteiger partial charge in [0.15, 0.2) is 12.6 Å². The molecule has 0 spiro atoms. The van der Waals surface area contributed by atoms with E-state index in [1.165, 1.54) is 6.92 Å². The lowest BCUT2D eigenvalue weighted by atomic mass is 9.83. The summed E-state index contributed by atoms with van der Waals surface area (Å²) in [5, 5.41) is 58.0. The number of alkyl halides is 1. The molecule has 234 valence electrons. The minimum atomic E-state index is -1.44. The number of halogens is 1. The van der Waals surface area contributed by atoms with E-state index in [2.05, 4.69) is 15.6 Å². The van der Waals surface area contributed by atoms with Crippen LogP contribution in [0.15, 0.2) is 4.99 Å². The molecule has 13 N–H and O–H groups in total. The van der Waals surface area contributed by atoms with Gasteiger partial charge in [-0.15, -0.1) is 0 Å². The first kappa shape index (κ1) is 33.4. The number of hydrogen-bond donors (Lipinski definition) is 10. The third-order valence-corrected chi connectivity index (χ3v) is 7.68. The van der Waals surface area contributed by atoms with Crippen molar-refractivity contribution in [3.8, 4) is 0 Å². The summed E-state index contributed by atoms with van der Waals surface area (Å²) in [5.74, 6) is -0.290. The Kier molecular flexibility index (Phi) is 12.4. The second-order valence-corrected chi connectivity index (χ2v) is 11.0. The third kappa shape index (κ3) is 8.03. The van der Waals surface area contributed by atoms with Crippen LogP contribution in [0.2, 0.25) is 0 Å². The summed E-state index contributed by atoms with van der Waals surface area (Å²) < 4.78 is 36.3. The van der Waals surface area contributed by atoms with Crippen molar-refractivity contribution in [2.45, 2.75) is 105 Å². The number of amidine groups is 1. The van der Waals surface area contributed by atoms with Crippen LogP contribution in [-0.4, -0.2) is 150 Å². The molecule has 1 saturated carbocycles. The maximum atomic E-state index is 12.5. The summed E-state index contributed by atoms with van der Waals surface area (Å²) >= 11 is 0. The smallest absolute Gasteiger partial charge is 0.185 e. The second kappa shape index (κ2) is 14.9. The first-order valence-electron chi connectivity index (χ1n) is 13.7. The fraction of sp³-hybridized carbons (Fsp3) is 0.958. The van der Waals surface area contributed by atoms with Crippen molar-refractivity contribution in [3.05, 3.63) is 0 Å². The maximum absolute atomic E-state index is 12.5. The van der Waals surface area contributed by atoms with Crippen LogP contribution in [0.5, 0.6) is 0 Å². The Bertz CT molecular complexity index is 817. The van der Waals surface area contributed by atoms with Gasteiger partial charge in [0, 0.05) is 19.1 Å². The van der Waals surface area contributed by atoms with Gasteiger partial charge in [0.25, 0.3) is 0 Å². The molecule has 0 aromatic heterocycles. The number of aliphatic imine (C=N–C) groups is 1. The van der Waals surface area contributed by atoms with Gasteiger partial charge in [0.1, 0.15) is 48.6 Å². The van der Waals surface area contributed by atoms with E-state index >= 15 is 0 Å². The first-order chi connectivity index (χ1) is 18.9. The predicted octanol–water partition coefficient (Wildman–Crippen LogP) is -4.62. The van der Waals surface area contributed by atoms with E-state index in [9.17, 15) is 29.9 Å². The third-order valence-electron chi connectivity index (χ3n) is 7.68. The zero-order valence-electron chi connectivity index (χ0n) is 23.0. The summed E-state index contributed by atoms with van der Waals surface area (Å²) in [4.78, 5) is 4.26. The molecular formula is C24H47FN6O9. The zero-order valence-corrected chi connectivity index (χ0v) is 23.0. The van der Waals surface area contributed by atoms with Crippen molar-refractivity contribution < 1.29 is 48.9 Å². The molecule has 2 saturated heterocycles. The lowest BCUT2D eigenvalue weighted by Gasteiger charge is -2.48. The van der Waals surface area contributed by atoms with Gasteiger partial charge in [-0.2, -0.15) is 0 Å². The van der Waals surface area contributed by atoms with E-state index in [0.29, 0.717) is 19.4 Å². The van der Waals surface area contributed by atoms with Gasteiger partial charge in [0.05, 0.1) is 37.4 Å². The Morgan fingerprint density at radius 1 is 1.15 bits per heavy atom. The molecular weight excluding hydrogens is 535 g/mol. The van der Waals surface area contributed by atoms with Crippen LogP contribution in [0.25, 0.3) is 0 Å². The summed E-state index contributed by atoms with van der Waals surface area (Å²) in [6, 6.07) is -3.05. The van der Waals surface area contributed by atoms with Crippen molar-refractivity contribution in [1.29, 1.82) is 0 Å². The highest BCUT2D eigenvalue weighted by molar-refractivity contribution is 5.84. The summed E-state index contributed by atoms with van der Waals surface area (Å²) in [6.45, 7) is 0.742. The molecule has 0 aromatic rings. The van der Waals surface area contributed by atoms with Crippen LogP contribution in [0.1, 0.15) is 26.2 Å². The number of nitrogens with zero attached hydrogens (tertiary/aromatic N) is 1. The van der Waals surface area contributed by atoms with E-state index in [4.69, 9.17) is 36.1 Å². The Morgan fingerprint density at radius 2 is 1.85 bits per heavy atom. The van der Waals surface area contributed by atoms with E-state index in [1.807, 2.05) is 0 Å². The fourth-order valence-electron chi connectivity index (χ4n) is 5.43. The summed E-state index contributed by atoms with van der Waals surface area (Å²) in [5.41, 5.74) is 17.1. The standard InChI is InChI=1S/C24H47FN6O9/c1-24(36)10-37-23(17(35)20(24)29-2)40-19-14(31-21(28)15(33)9-32)7-13(27)18(16(19)34)39-22-12(26)4-3-11(38-22)8-30-6-5-25/h11-20,22-23,29-30,32-36H,3-10,26-27H2,1-2H3,(H2,28,31). The van der Waals surface area contributed by atoms with Gasteiger partial charge >= 0.3 is 0 Å². The quantitative estimate of drug-likeness (QED) is 0.0590. The van der Waals surface area contributed by atoms with Gasteiger partial charge in [-0.3, -0.25) is 4.99 Å². The van der Waals surface area contributed by atoms with Gasteiger partial charge in [-0.25, -0.2) is 4.39 Å². The number of ether oxygens (including phenoxy) is 4. The van der Waals surface area contributed by atoms with E-state index < -0.39 is 86.1 Å². The lowest BCUT2D eigenvalue weighted by molar-refractivity contribution is -0.306. The van der Waals surface area contributed by atoms with Crippen molar-refractivity contribution in [3.63, 3.8) is 0 Å². The molecule has 3 fully saturated rings. The molecule has 3 aliphatic rings. The highest BCUT2D eigenvalue weighted by Gasteiger charge is 2.51. The normalized spacial score (nSPS) is 44.0. The minimum absolute atomic E-state index is 0.0741. The number of nitrogens with one attached hydrogen (secondary N) is 2. The van der Waals surface area contributed by atoms with E-state index in [0.717, 1.165) is 0 Å². The molecule has 3 rings (SSSR count). The molecule has 13 unspecified atom stereocenters. The summed E-state index contributed by atoms with van der Waals surface area (Å²) in [6.07, 6.45) is -7.67. The van der Waals surface area contributed by atoms with Crippen LogP contribution in [0, 0.1) is 0 Å². The molecule has 15 nitrogen and oxygen atoms in total. The fourth-order valence-corrected chi connectivity index (χ4v) is 5.43. The molecule has 2 heterocycles. The second-order valence-electron chi connectivity index (χ2n) is 11.0. The van der Waals surface area contributed by atoms with Gasteiger partial charge in [0.2, 0.25) is 0 Å². The van der Waals surface area contributed by atoms with Gasteiger partial charge in [-0.1, -0.05) is 0 Å². The van der Waals surface area contributed by atoms with Crippen molar-refractivity contribution >= 4 is 5.84 Å². The largest absolute Gasteiger partial charge is 0.393 e. The molecule has 40 heavy (non-hydrogen) atoms. The number of aliphatic hydroxyl groups is 5. The number of aliphatic hydroxyl groups excluding tert-OH is 4. The highest BCUT2D eigenvalue weighted by Crippen LogP contribution is 2.33. The van der Waals surface area contributed by atoms with Gasteiger partial charge in [-0.05, 0) is 33.2 Å². The summed E-state index contributed by atoms with van der Waals surface area (Å²) in [7, 11) is 1.57.